The van der Waals surface area contributed by atoms with Gasteiger partial charge in [-0.2, -0.15) is 0 Å². The first-order valence-corrected chi connectivity index (χ1v) is 8.33. The number of ether oxygens (including phenoxy) is 2. The van der Waals surface area contributed by atoms with Gasteiger partial charge in [0.25, 0.3) is 0 Å². The van der Waals surface area contributed by atoms with Gasteiger partial charge >= 0.3 is 0 Å². The highest BCUT2D eigenvalue weighted by Crippen LogP contribution is 2.24. The molecule has 2 rings (SSSR count). The third-order valence-electron chi connectivity index (χ3n) is 3.66. The minimum atomic E-state index is 0.506. The Morgan fingerprint density at radius 1 is 1.00 bits per heavy atom. The Morgan fingerprint density at radius 3 is 2.61 bits per heavy atom. The summed E-state index contributed by atoms with van der Waals surface area (Å²) in [6.45, 7) is 9.14. The van der Waals surface area contributed by atoms with Crippen LogP contribution in [0.2, 0.25) is 0 Å². The number of hydrogen-bond acceptors (Lipinski definition) is 3. The van der Waals surface area contributed by atoms with E-state index in [0.29, 0.717) is 19.1 Å². The lowest BCUT2D eigenvalue weighted by Crippen LogP contribution is -2.07. The fraction of sp³-hybridized carbons (Fsp3) is 0.400. The van der Waals surface area contributed by atoms with Gasteiger partial charge in [0.1, 0.15) is 12.4 Å². The molecule has 2 aromatic rings. The first-order valence-electron chi connectivity index (χ1n) is 8.33. The summed E-state index contributed by atoms with van der Waals surface area (Å²) in [6, 6.07) is 16.7. The smallest absolute Gasteiger partial charge is 0.119 e. The van der Waals surface area contributed by atoms with Crippen LogP contribution in [0.4, 0.5) is 5.69 Å². The highest BCUT2D eigenvalue weighted by atomic mass is 16.5. The maximum absolute atomic E-state index is 5.71. The average Bonchev–Trinajstić information content (AvgIpc) is 2.57. The summed E-state index contributed by atoms with van der Waals surface area (Å²) in [7, 11) is 0. The molecule has 0 saturated heterocycles. The molecule has 124 valence electrons. The Balaban J connectivity index is 1.93. The zero-order valence-corrected chi connectivity index (χ0v) is 14.3. The Kier molecular flexibility index (Phi) is 6.95. The standard InChI is InChI=1S/C20H27NO2/c1-4-22-12-13-23-18-9-7-8-17(14-18)15-21-20-11-6-5-10-19(20)16(2)3/h5-11,14,16,21H,4,12-13,15H2,1-3H3. The van der Waals surface area contributed by atoms with Crippen molar-refractivity contribution in [3.63, 3.8) is 0 Å². The van der Waals surface area contributed by atoms with Crippen LogP contribution in [0.25, 0.3) is 0 Å². The maximum atomic E-state index is 5.71. The largest absolute Gasteiger partial charge is 0.491 e. The van der Waals surface area contributed by atoms with E-state index < -0.39 is 0 Å². The molecule has 0 bridgehead atoms. The van der Waals surface area contributed by atoms with Gasteiger partial charge in [0, 0.05) is 18.8 Å². The Morgan fingerprint density at radius 2 is 1.83 bits per heavy atom. The van der Waals surface area contributed by atoms with E-state index in [0.717, 1.165) is 18.9 Å². The van der Waals surface area contributed by atoms with E-state index in [1.54, 1.807) is 0 Å². The molecule has 0 radical (unpaired) electrons. The minimum Gasteiger partial charge on any atom is -0.491 e. The van der Waals surface area contributed by atoms with Gasteiger partial charge in [-0.05, 0) is 42.2 Å². The predicted octanol–water partition coefficient (Wildman–Crippen LogP) is 4.84. The molecule has 0 spiro atoms. The van der Waals surface area contributed by atoms with Crippen LogP contribution in [0.15, 0.2) is 48.5 Å². The van der Waals surface area contributed by atoms with Crippen molar-refractivity contribution in [2.24, 2.45) is 0 Å². The van der Waals surface area contributed by atoms with Crippen molar-refractivity contribution in [1.29, 1.82) is 0 Å². The Hall–Kier alpha value is -2.00. The molecule has 2 aromatic carbocycles. The molecular weight excluding hydrogens is 286 g/mol. The van der Waals surface area contributed by atoms with Gasteiger partial charge in [-0.15, -0.1) is 0 Å². The van der Waals surface area contributed by atoms with E-state index in [1.165, 1.54) is 16.8 Å². The van der Waals surface area contributed by atoms with Crippen LogP contribution in [-0.4, -0.2) is 19.8 Å². The van der Waals surface area contributed by atoms with Crippen LogP contribution in [0, 0.1) is 0 Å². The second-order valence-corrected chi connectivity index (χ2v) is 5.79. The molecule has 0 amide bonds. The fourth-order valence-electron chi connectivity index (χ4n) is 2.47. The molecule has 0 aliphatic rings. The maximum Gasteiger partial charge on any atom is 0.119 e. The lowest BCUT2D eigenvalue weighted by molar-refractivity contribution is 0.110. The summed E-state index contributed by atoms with van der Waals surface area (Å²) in [5, 5.41) is 3.53. The average molecular weight is 313 g/mol. The summed E-state index contributed by atoms with van der Waals surface area (Å²) in [5.41, 5.74) is 3.75. The van der Waals surface area contributed by atoms with E-state index in [-0.39, 0.29) is 0 Å². The van der Waals surface area contributed by atoms with E-state index in [9.17, 15) is 0 Å². The molecule has 0 aliphatic heterocycles. The molecule has 3 nitrogen and oxygen atoms in total. The quantitative estimate of drug-likeness (QED) is 0.672. The van der Waals surface area contributed by atoms with E-state index in [1.807, 2.05) is 19.1 Å². The van der Waals surface area contributed by atoms with Gasteiger partial charge in [-0.3, -0.25) is 0 Å². The Labute approximate surface area is 139 Å². The van der Waals surface area contributed by atoms with Crippen molar-refractivity contribution in [2.45, 2.75) is 33.2 Å². The van der Waals surface area contributed by atoms with Crippen LogP contribution < -0.4 is 10.1 Å². The summed E-state index contributed by atoms with van der Waals surface area (Å²) >= 11 is 0. The highest BCUT2D eigenvalue weighted by molar-refractivity contribution is 5.53. The van der Waals surface area contributed by atoms with Crippen LogP contribution in [0.3, 0.4) is 0 Å². The molecule has 0 unspecified atom stereocenters. The number of rotatable bonds is 9. The zero-order chi connectivity index (χ0) is 16.5. The van der Waals surface area contributed by atoms with E-state index >= 15 is 0 Å². The molecule has 0 atom stereocenters. The van der Waals surface area contributed by atoms with Gasteiger partial charge < -0.3 is 14.8 Å². The lowest BCUT2D eigenvalue weighted by Gasteiger charge is -2.15. The third kappa shape index (κ3) is 5.61. The molecule has 0 aromatic heterocycles. The first-order chi connectivity index (χ1) is 11.2. The summed E-state index contributed by atoms with van der Waals surface area (Å²) in [5.74, 6) is 1.40. The van der Waals surface area contributed by atoms with Gasteiger partial charge in [-0.25, -0.2) is 0 Å². The highest BCUT2D eigenvalue weighted by Gasteiger charge is 2.05. The van der Waals surface area contributed by atoms with Crippen molar-refractivity contribution in [2.75, 3.05) is 25.1 Å². The van der Waals surface area contributed by atoms with Crippen LogP contribution >= 0.6 is 0 Å². The molecule has 0 saturated carbocycles. The third-order valence-corrected chi connectivity index (χ3v) is 3.66. The van der Waals surface area contributed by atoms with E-state index in [2.05, 4.69) is 55.6 Å². The molecular formula is C20H27NO2. The van der Waals surface area contributed by atoms with E-state index in [4.69, 9.17) is 9.47 Å². The number of nitrogens with one attached hydrogen (secondary N) is 1. The van der Waals surface area contributed by atoms with Gasteiger partial charge in [0.15, 0.2) is 0 Å². The fourth-order valence-corrected chi connectivity index (χ4v) is 2.47. The molecule has 23 heavy (non-hydrogen) atoms. The second-order valence-electron chi connectivity index (χ2n) is 5.79. The van der Waals surface area contributed by atoms with Crippen LogP contribution in [0.5, 0.6) is 5.75 Å². The van der Waals surface area contributed by atoms with Crippen LogP contribution in [0.1, 0.15) is 37.8 Å². The van der Waals surface area contributed by atoms with Crippen molar-refractivity contribution in [3.8, 4) is 5.75 Å². The monoisotopic (exact) mass is 313 g/mol. The molecule has 0 heterocycles. The van der Waals surface area contributed by atoms with Gasteiger partial charge in [0.2, 0.25) is 0 Å². The van der Waals surface area contributed by atoms with Crippen molar-refractivity contribution in [1.82, 2.24) is 0 Å². The van der Waals surface area contributed by atoms with Crippen LogP contribution in [-0.2, 0) is 11.3 Å². The molecule has 0 fully saturated rings. The molecule has 0 aliphatic carbocycles. The number of anilines is 1. The summed E-state index contributed by atoms with van der Waals surface area (Å²) in [6.07, 6.45) is 0. The summed E-state index contributed by atoms with van der Waals surface area (Å²) < 4.78 is 11.0. The minimum absolute atomic E-state index is 0.506. The number of hydrogen-bond donors (Lipinski definition) is 1. The molecule has 1 N–H and O–H groups in total. The molecule has 3 heteroatoms. The summed E-state index contributed by atoms with van der Waals surface area (Å²) in [4.78, 5) is 0. The predicted molar refractivity (Wildman–Crippen MR) is 96.3 cm³/mol. The number of para-hydroxylation sites is 1. The topological polar surface area (TPSA) is 30.5 Å². The SMILES string of the molecule is CCOCCOc1cccc(CNc2ccccc2C(C)C)c1. The zero-order valence-electron chi connectivity index (χ0n) is 14.3. The van der Waals surface area contributed by atoms with Gasteiger partial charge in [0.05, 0.1) is 6.61 Å². The van der Waals surface area contributed by atoms with Crippen molar-refractivity contribution in [3.05, 3.63) is 59.7 Å². The lowest BCUT2D eigenvalue weighted by atomic mass is 10.0. The van der Waals surface area contributed by atoms with Gasteiger partial charge in [-0.1, -0.05) is 44.2 Å². The second kappa shape index (κ2) is 9.21. The van der Waals surface area contributed by atoms with Crippen molar-refractivity contribution >= 4 is 5.69 Å². The van der Waals surface area contributed by atoms with Crippen molar-refractivity contribution < 1.29 is 9.47 Å². The number of benzene rings is 2. The Bertz CT molecular complexity index is 596. The first kappa shape index (κ1) is 17.4. The normalized spacial score (nSPS) is 10.8.